The van der Waals surface area contributed by atoms with Crippen LogP contribution in [0.2, 0.25) is 0 Å². The van der Waals surface area contributed by atoms with Crippen molar-refractivity contribution in [2.24, 2.45) is 5.92 Å². The van der Waals surface area contributed by atoms with Gasteiger partial charge in [-0.05, 0) is 38.1 Å². The first kappa shape index (κ1) is 12.3. The molecule has 2 saturated heterocycles. The predicted molar refractivity (Wildman–Crippen MR) is 66.7 cm³/mol. The number of hydrogen-bond donors (Lipinski definition) is 1. The summed E-state index contributed by atoms with van der Waals surface area (Å²) in [5.41, 5.74) is 0. The van der Waals surface area contributed by atoms with E-state index in [0.29, 0.717) is 0 Å². The monoisotopic (exact) mass is 226 g/mol. The summed E-state index contributed by atoms with van der Waals surface area (Å²) in [6, 6.07) is 0.858. The largest absolute Gasteiger partial charge is 0.381 e. The first-order chi connectivity index (χ1) is 7.90. The molecule has 2 unspecified atom stereocenters. The lowest BCUT2D eigenvalue weighted by atomic mass is 10.1. The smallest absolute Gasteiger partial charge is 0.0507 e. The Morgan fingerprint density at radius 2 is 2.31 bits per heavy atom. The van der Waals surface area contributed by atoms with E-state index < -0.39 is 0 Å². The van der Waals surface area contributed by atoms with E-state index in [1.807, 2.05) is 0 Å². The molecule has 3 nitrogen and oxygen atoms in total. The number of ether oxygens (including phenoxy) is 1. The molecule has 1 N–H and O–H groups in total. The van der Waals surface area contributed by atoms with Crippen LogP contribution < -0.4 is 5.32 Å². The maximum absolute atomic E-state index is 5.37. The first-order valence-corrected chi connectivity index (χ1v) is 6.92. The highest BCUT2D eigenvalue weighted by Gasteiger charge is 2.22. The van der Waals surface area contributed by atoms with Crippen molar-refractivity contribution in [2.75, 3.05) is 39.4 Å². The fraction of sp³-hybridized carbons (Fsp3) is 1.00. The highest BCUT2D eigenvalue weighted by Crippen LogP contribution is 2.18. The third kappa shape index (κ3) is 3.44. The van der Waals surface area contributed by atoms with Crippen LogP contribution in [0.15, 0.2) is 0 Å². The van der Waals surface area contributed by atoms with E-state index in [1.54, 1.807) is 0 Å². The number of likely N-dealkylation sites (tertiary alicyclic amines) is 1. The van der Waals surface area contributed by atoms with E-state index in [4.69, 9.17) is 4.74 Å². The molecule has 2 rings (SSSR count). The molecule has 0 aromatic rings. The average molecular weight is 226 g/mol. The molecule has 0 radical (unpaired) electrons. The van der Waals surface area contributed by atoms with Crippen molar-refractivity contribution in [1.29, 1.82) is 0 Å². The first-order valence-electron chi connectivity index (χ1n) is 6.92. The minimum atomic E-state index is 0.764. The molecule has 0 bridgehead atoms. The minimum Gasteiger partial charge on any atom is -0.381 e. The predicted octanol–water partition coefficient (Wildman–Crippen LogP) is 1.49. The molecular weight excluding hydrogens is 200 g/mol. The van der Waals surface area contributed by atoms with Gasteiger partial charge in [0.25, 0.3) is 0 Å². The zero-order valence-corrected chi connectivity index (χ0v) is 10.6. The van der Waals surface area contributed by atoms with Gasteiger partial charge in [0.2, 0.25) is 0 Å². The molecule has 2 aliphatic heterocycles. The van der Waals surface area contributed by atoms with Gasteiger partial charge < -0.3 is 10.1 Å². The van der Waals surface area contributed by atoms with E-state index in [9.17, 15) is 0 Å². The van der Waals surface area contributed by atoms with Crippen LogP contribution >= 0.6 is 0 Å². The van der Waals surface area contributed by atoms with Gasteiger partial charge in [0.15, 0.2) is 0 Å². The van der Waals surface area contributed by atoms with Crippen molar-refractivity contribution < 1.29 is 4.74 Å². The van der Waals surface area contributed by atoms with Crippen molar-refractivity contribution in [1.82, 2.24) is 10.2 Å². The molecule has 0 saturated carbocycles. The molecule has 0 amide bonds. The third-order valence-corrected chi connectivity index (χ3v) is 4.00. The summed E-state index contributed by atoms with van der Waals surface area (Å²) in [6.07, 6.45) is 5.37. The second-order valence-corrected chi connectivity index (χ2v) is 5.17. The normalized spacial score (nSPS) is 31.3. The molecule has 0 aliphatic carbocycles. The van der Waals surface area contributed by atoms with E-state index >= 15 is 0 Å². The number of rotatable bonds is 6. The fourth-order valence-electron chi connectivity index (χ4n) is 2.93. The lowest BCUT2D eigenvalue weighted by molar-refractivity contribution is 0.184. The molecule has 2 atom stereocenters. The molecule has 2 heterocycles. The van der Waals surface area contributed by atoms with E-state index in [2.05, 4.69) is 17.1 Å². The SMILES string of the molecule is CCC1CCCN1CCNCC1CCOC1. The second kappa shape index (κ2) is 6.58. The number of nitrogens with one attached hydrogen (secondary N) is 1. The summed E-state index contributed by atoms with van der Waals surface area (Å²) in [4.78, 5) is 2.65. The number of hydrogen-bond acceptors (Lipinski definition) is 3. The van der Waals surface area contributed by atoms with Gasteiger partial charge in [-0.1, -0.05) is 6.92 Å². The van der Waals surface area contributed by atoms with Crippen LogP contribution in [0.1, 0.15) is 32.6 Å². The van der Waals surface area contributed by atoms with Crippen LogP contribution in [0.5, 0.6) is 0 Å². The Bertz CT molecular complexity index is 192. The molecular formula is C13H26N2O. The zero-order valence-electron chi connectivity index (χ0n) is 10.6. The fourth-order valence-corrected chi connectivity index (χ4v) is 2.93. The van der Waals surface area contributed by atoms with Gasteiger partial charge in [-0.3, -0.25) is 4.90 Å². The summed E-state index contributed by atoms with van der Waals surface area (Å²) in [6.45, 7) is 9.08. The second-order valence-electron chi connectivity index (χ2n) is 5.17. The van der Waals surface area contributed by atoms with E-state index in [-0.39, 0.29) is 0 Å². The summed E-state index contributed by atoms with van der Waals surface area (Å²) >= 11 is 0. The van der Waals surface area contributed by atoms with Crippen molar-refractivity contribution >= 4 is 0 Å². The van der Waals surface area contributed by atoms with Crippen LogP contribution in [0.3, 0.4) is 0 Å². The minimum absolute atomic E-state index is 0.764. The maximum Gasteiger partial charge on any atom is 0.0507 e. The topological polar surface area (TPSA) is 24.5 Å². The van der Waals surface area contributed by atoms with Crippen LogP contribution in [0, 0.1) is 5.92 Å². The van der Waals surface area contributed by atoms with Gasteiger partial charge in [0.05, 0.1) is 6.61 Å². The summed E-state index contributed by atoms with van der Waals surface area (Å²) in [7, 11) is 0. The maximum atomic E-state index is 5.37. The van der Waals surface area contributed by atoms with Gasteiger partial charge in [-0.25, -0.2) is 0 Å². The van der Waals surface area contributed by atoms with Crippen molar-refractivity contribution in [2.45, 2.75) is 38.6 Å². The summed E-state index contributed by atoms with van der Waals surface area (Å²) in [5, 5.41) is 3.58. The Morgan fingerprint density at radius 1 is 1.38 bits per heavy atom. The van der Waals surface area contributed by atoms with Gasteiger partial charge >= 0.3 is 0 Å². The molecule has 94 valence electrons. The Kier molecular flexibility index (Phi) is 5.07. The summed E-state index contributed by atoms with van der Waals surface area (Å²) < 4.78 is 5.37. The quantitative estimate of drug-likeness (QED) is 0.694. The lowest BCUT2D eigenvalue weighted by Gasteiger charge is -2.23. The molecule has 0 spiro atoms. The van der Waals surface area contributed by atoms with Crippen LogP contribution in [0.25, 0.3) is 0 Å². The molecule has 0 aromatic carbocycles. The van der Waals surface area contributed by atoms with Gasteiger partial charge in [-0.2, -0.15) is 0 Å². The summed E-state index contributed by atoms with van der Waals surface area (Å²) in [5.74, 6) is 0.764. The van der Waals surface area contributed by atoms with Crippen LogP contribution in [0.4, 0.5) is 0 Å². The molecule has 2 fully saturated rings. The lowest BCUT2D eigenvalue weighted by Crippen LogP contribution is -2.36. The zero-order chi connectivity index (χ0) is 11.2. The van der Waals surface area contributed by atoms with Gasteiger partial charge in [0.1, 0.15) is 0 Å². The molecule has 0 aromatic heterocycles. The van der Waals surface area contributed by atoms with Crippen LogP contribution in [-0.2, 0) is 4.74 Å². The molecule has 16 heavy (non-hydrogen) atoms. The van der Waals surface area contributed by atoms with E-state index in [1.165, 1.54) is 38.8 Å². The van der Waals surface area contributed by atoms with Crippen molar-refractivity contribution in [3.05, 3.63) is 0 Å². The van der Waals surface area contributed by atoms with Gasteiger partial charge in [0, 0.05) is 32.3 Å². The molecule has 2 aliphatic rings. The van der Waals surface area contributed by atoms with Gasteiger partial charge in [-0.15, -0.1) is 0 Å². The Morgan fingerprint density at radius 3 is 3.06 bits per heavy atom. The Hall–Kier alpha value is -0.120. The van der Waals surface area contributed by atoms with Crippen molar-refractivity contribution in [3.8, 4) is 0 Å². The molecule has 3 heteroatoms. The van der Waals surface area contributed by atoms with Crippen molar-refractivity contribution in [3.63, 3.8) is 0 Å². The number of nitrogens with zero attached hydrogens (tertiary/aromatic N) is 1. The Labute approximate surface area is 99.5 Å². The van der Waals surface area contributed by atoms with E-state index in [0.717, 1.165) is 38.3 Å². The Balaban J connectivity index is 1.53. The highest BCUT2D eigenvalue weighted by atomic mass is 16.5. The van der Waals surface area contributed by atoms with Crippen LogP contribution in [-0.4, -0.2) is 50.3 Å². The third-order valence-electron chi connectivity index (χ3n) is 4.00. The standard InChI is InChI=1S/C13H26N2O/c1-2-13-4-3-7-15(13)8-6-14-10-12-5-9-16-11-12/h12-14H,2-11H2,1H3. The highest BCUT2D eigenvalue weighted by molar-refractivity contribution is 4.78. The average Bonchev–Trinajstić information content (AvgIpc) is 2.95.